The van der Waals surface area contributed by atoms with E-state index in [4.69, 9.17) is 5.73 Å². The third-order valence-electron chi connectivity index (χ3n) is 5.82. The van der Waals surface area contributed by atoms with Gasteiger partial charge in [0.15, 0.2) is 0 Å². The van der Waals surface area contributed by atoms with Crippen LogP contribution >= 0.6 is 0 Å². The Morgan fingerprint density at radius 1 is 1.13 bits per heavy atom. The van der Waals surface area contributed by atoms with Gasteiger partial charge < -0.3 is 10.6 Å². The SMILES string of the molecule is C[C@@H]1C[C@H](N)CCN1C(=O)CC1CCC(c2ccccc2)CC1. The van der Waals surface area contributed by atoms with Crippen LogP contribution in [0.15, 0.2) is 30.3 Å². The van der Waals surface area contributed by atoms with Crippen LogP contribution in [0.1, 0.15) is 63.4 Å². The zero-order valence-electron chi connectivity index (χ0n) is 14.3. The van der Waals surface area contributed by atoms with Crippen LogP contribution in [0, 0.1) is 5.92 Å². The average molecular weight is 314 g/mol. The van der Waals surface area contributed by atoms with E-state index in [2.05, 4.69) is 42.2 Å². The highest BCUT2D eigenvalue weighted by atomic mass is 16.2. The maximum Gasteiger partial charge on any atom is 0.223 e. The van der Waals surface area contributed by atoms with Crippen LogP contribution in [-0.2, 0) is 4.79 Å². The monoisotopic (exact) mass is 314 g/mol. The summed E-state index contributed by atoms with van der Waals surface area (Å²) >= 11 is 0. The van der Waals surface area contributed by atoms with E-state index in [0.717, 1.165) is 25.8 Å². The van der Waals surface area contributed by atoms with Crippen molar-refractivity contribution in [2.45, 2.75) is 69.9 Å². The number of rotatable bonds is 3. The zero-order valence-corrected chi connectivity index (χ0v) is 14.3. The predicted molar refractivity (Wildman–Crippen MR) is 94.1 cm³/mol. The van der Waals surface area contributed by atoms with Crippen LogP contribution in [0.3, 0.4) is 0 Å². The van der Waals surface area contributed by atoms with Gasteiger partial charge in [-0.15, -0.1) is 0 Å². The summed E-state index contributed by atoms with van der Waals surface area (Å²) in [6, 6.07) is 11.4. The van der Waals surface area contributed by atoms with Crippen molar-refractivity contribution in [1.82, 2.24) is 4.90 Å². The Morgan fingerprint density at radius 2 is 1.83 bits per heavy atom. The number of hydrogen-bond donors (Lipinski definition) is 1. The summed E-state index contributed by atoms with van der Waals surface area (Å²) in [6.07, 6.45) is 7.47. The molecule has 0 unspecified atom stereocenters. The van der Waals surface area contributed by atoms with Crippen molar-refractivity contribution in [2.24, 2.45) is 11.7 Å². The van der Waals surface area contributed by atoms with E-state index in [1.54, 1.807) is 0 Å². The number of amides is 1. The van der Waals surface area contributed by atoms with E-state index in [-0.39, 0.29) is 6.04 Å². The van der Waals surface area contributed by atoms with Crippen LogP contribution in [0.5, 0.6) is 0 Å². The summed E-state index contributed by atoms with van der Waals surface area (Å²) in [6.45, 7) is 2.99. The number of nitrogens with two attached hydrogens (primary N) is 1. The molecular weight excluding hydrogens is 284 g/mol. The van der Waals surface area contributed by atoms with E-state index < -0.39 is 0 Å². The lowest BCUT2D eigenvalue weighted by Crippen LogP contribution is -2.48. The van der Waals surface area contributed by atoms with E-state index in [9.17, 15) is 4.79 Å². The van der Waals surface area contributed by atoms with Gasteiger partial charge in [0.1, 0.15) is 0 Å². The Morgan fingerprint density at radius 3 is 2.48 bits per heavy atom. The van der Waals surface area contributed by atoms with Crippen molar-refractivity contribution in [1.29, 1.82) is 0 Å². The summed E-state index contributed by atoms with van der Waals surface area (Å²) in [4.78, 5) is 14.7. The fourth-order valence-corrected chi connectivity index (χ4v) is 4.37. The number of likely N-dealkylation sites (tertiary alicyclic amines) is 1. The van der Waals surface area contributed by atoms with Crippen molar-refractivity contribution < 1.29 is 4.79 Å². The van der Waals surface area contributed by atoms with Crippen molar-refractivity contribution in [3.63, 3.8) is 0 Å². The molecule has 3 rings (SSSR count). The highest BCUT2D eigenvalue weighted by Crippen LogP contribution is 2.37. The molecule has 1 aliphatic carbocycles. The van der Waals surface area contributed by atoms with Crippen LogP contribution < -0.4 is 5.73 Å². The predicted octanol–water partition coefficient (Wildman–Crippen LogP) is 3.69. The Balaban J connectivity index is 1.48. The lowest BCUT2D eigenvalue weighted by molar-refractivity contribution is -0.135. The van der Waals surface area contributed by atoms with Gasteiger partial charge in [0.05, 0.1) is 0 Å². The molecule has 0 radical (unpaired) electrons. The molecule has 1 heterocycles. The highest BCUT2D eigenvalue weighted by Gasteiger charge is 2.30. The number of piperidine rings is 1. The summed E-state index contributed by atoms with van der Waals surface area (Å²) in [5.41, 5.74) is 7.47. The Hall–Kier alpha value is -1.35. The average Bonchev–Trinajstić information content (AvgIpc) is 2.56. The van der Waals surface area contributed by atoms with Gasteiger partial charge in [-0.25, -0.2) is 0 Å². The summed E-state index contributed by atoms with van der Waals surface area (Å²) in [5.74, 6) is 1.62. The minimum Gasteiger partial charge on any atom is -0.340 e. The van der Waals surface area contributed by atoms with Gasteiger partial charge in [-0.1, -0.05) is 30.3 Å². The molecule has 23 heavy (non-hydrogen) atoms. The zero-order chi connectivity index (χ0) is 16.2. The van der Waals surface area contributed by atoms with Crippen LogP contribution in [-0.4, -0.2) is 29.4 Å². The van der Waals surface area contributed by atoms with Crippen molar-refractivity contribution in [3.05, 3.63) is 35.9 Å². The van der Waals surface area contributed by atoms with E-state index in [1.165, 1.54) is 31.2 Å². The molecule has 1 saturated heterocycles. The van der Waals surface area contributed by atoms with Gasteiger partial charge in [0.25, 0.3) is 0 Å². The molecule has 0 spiro atoms. The molecule has 0 aromatic heterocycles. The first kappa shape index (κ1) is 16.5. The molecule has 1 aromatic rings. The largest absolute Gasteiger partial charge is 0.340 e. The smallest absolute Gasteiger partial charge is 0.223 e. The Labute approximate surface area is 140 Å². The van der Waals surface area contributed by atoms with Crippen LogP contribution in [0.25, 0.3) is 0 Å². The molecule has 0 bridgehead atoms. The molecule has 3 heteroatoms. The lowest BCUT2D eigenvalue weighted by Gasteiger charge is -2.38. The maximum atomic E-state index is 12.6. The lowest BCUT2D eigenvalue weighted by atomic mass is 9.77. The topological polar surface area (TPSA) is 46.3 Å². The summed E-state index contributed by atoms with van der Waals surface area (Å²) < 4.78 is 0. The van der Waals surface area contributed by atoms with E-state index in [1.807, 2.05) is 0 Å². The molecule has 1 amide bonds. The van der Waals surface area contributed by atoms with Gasteiger partial charge >= 0.3 is 0 Å². The Bertz CT molecular complexity index is 508. The van der Waals surface area contributed by atoms with Gasteiger partial charge in [-0.05, 0) is 62.8 Å². The number of benzene rings is 1. The molecule has 126 valence electrons. The third kappa shape index (κ3) is 4.14. The molecule has 1 saturated carbocycles. The van der Waals surface area contributed by atoms with Crippen LogP contribution in [0.2, 0.25) is 0 Å². The Kier molecular flexibility index (Phi) is 5.37. The molecule has 1 aromatic carbocycles. The van der Waals surface area contributed by atoms with Crippen molar-refractivity contribution in [2.75, 3.05) is 6.54 Å². The van der Waals surface area contributed by atoms with E-state index in [0.29, 0.717) is 23.8 Å². The van der Waals surface area contributed by atoms with Crippen molar-refractivity contribution >= 4 is 5.91 Å². The summed E-state index contributed by atoms with van der Waals surface area (Å²) in [7, 11) is 0. The fraction of sp³-hybridized carbons (Fsp3) is 0.650. The number of hydrogen-bond acceptors (Lipinski definition) is 2. The highest BCUT2D eigenvalue weighted by molar-refractivity contribution is 5.77. The minimum atomic E-state index is 0.273. The van der Waals surface area contributed by atoms with Gasteiger partial charge in [-0.2, -0.15) is 0 Å². The molecule has 2 fully saturated rings. The first-order valence-electron chi connectivity index (χ1n) is 9.23. The molecule has 2 atom stereocenters. The molecule has 3 nitrogen and oxygen atoms in total. The maximum absolute atomic E-state index is 12.6. The van der Waals surface area contributed by atoms with Gasteiger partial charge in [-0.3, -0.25) is 4.79 Å². The van der Waals surface area contributed by atoms with E-state index >= 15 is 0 Å². The second kappa shape index (κ2) is 7.48. The molecule has 2 aliphatic rings. The first-order chi connectivity index (χ1) is 11.1. The van der Waals surface area contributed by atoms with Gasteiger partial charge in [0.2, 0.25) is 5.91 Å². The van der Waals surface area contributed by atoms with Crippen LogP contribution in [0.4, 0.5) is 0 Å². The third-order valence-corrected chi connectivity index (χ3v) is 5.82. The number of nitrogens with zero attached hydrogens (tertiary/aromatic N) is 1. The molecule has 1 aliphatic heterocycles. The van der Waals surface area contributed by atoms with Gasteiger partial charge in [0, 0.05) is 25.0 Å². The normalized spacial score (nSPS) is 31.8. The molecular formula is C20H30N2O. The standard InChI is InChI=1S/C20H30N2O/c1-15-13-19(21)11-12-22(15)20(23)14-16-7-9-18(10-8-16)17-5-3-2-4-6-17/h2-6,15-16,18-19H,7-14,21H2,1H3/t15-,16?,18?,19-/m1/s1. The first-order valence-corrected chi connectivity index (χ1v) is 9.23. The molecule has 2 N–H and O–H groups in total. The number of carbonyl (C=O) groups excluding carboxylic acids is 1. The second-order valence-electron chi connectivity index (χ2n) is 7.55. The minimum absolute atomic E-state index is 0.273. The van der Waals surface area contributed by atoms with Crippen molar-refractivity contribution in [3.8, 4) is 0 Å². The second-order valence-corrected chi connectivity index (χ2v) is 7.55. The summed E-state index contributed by atoms with van der Waals surface area (Å²) in [5, 5.41) is 0. The quantitative estimate of drug-likeness (QED) is 0.925. The number of carbonyl (C=O) groups is 1. The fourth-order valence-electron chi connectivity index (χ4n) is 4.37.